The first kappa shape index (κ1) is 14.4. The minimum absolute atomic E-state index is 0.625. The van der Waals surface area contributed by atoms with E-state index in [2.05, 4.69) is 36.3 Å². The predicted molar refractivity (Wildman–Crippen MR) is 87.3 cm³/mol. The number of benzene rings is 1. The van der Waals surface area contributed by atoms with Crippen LogP contribution in [0.1, 0.15) is 25.2 Å². The molecule has 6 heteroatoms. The Morgan fingerprint density at radius 2 is 2.18 bits per heavy atom. The zero-order valence-corrected chi connectivity index (χ0v) is 13.9. The van der Waals surface area contributed by atoms with Gasteiger partial charge in [0, 0.05) is 35.2 Å². The molecule has 0 aliphatic carbocycles. The molecule has 0 amide bonds. The summed E-state index contributed by atoms with van der Waals surface area (Å²) < 4.78 is 6.46. The van der Waals surface area contributed by atoms with Crippen LogP contribution in [-0.4, -0.2) is 40.2 Å². The highest BCUT2D eigenvalue weighted by Crippen LogP contribution is 2.23. The molecule has 0 radical (unpaired) electrons. The maximum atomic E-state index is 5.44. The van der Waals surface area contributed by atoms with Gasteiger partial charge >= 0.3 is 0 Å². The molecule has 2 aromatic rings. The SMILES string of the molecule is Brc1cccc(-c2noc(CN3CCC4CCC(C3)N4)n2)c1. The third kappa shape index (κ3) is 3.09. The van der Waals surface area contributed by atoms with Crippen molar-refractivity contribution in [2.75, 3.05) is 13.1 Å². The fraction of sp³-hybridized carbons (Fsp3) is 0.500. The molecule has 2 unspecified atom stereocenters. The van der Waals surface area contributed by atoms with Crippen LogP contribution in [-0.2, 0) is 6.54 Å². The lowest BCUT2D eigenvalue weighted by atomic mass is 10.1. The summed E-state index contributed by atoms with van der Waals surface area (Å²) in [5.74, 6) is 1.36. The summed E-state index contributed by atoms with van der Waals surface area (Å²) in [6, 6.07) is 9.29. The summed E-state index contributed by atoms with van der Waals surface area (Å²) in [7, 11) is 0. The zero-order chi connectivity index (χ0) is 14.9. The van der Waals surface area contributed by atoms with Crippen molar-refractivity contribution in [3.8, 4) is 11.4 Å². The molecule has 2 fully saturated rings. The maximum absolute atomic E-state index is 5.44. The highest BCUT2D eigenvalue weighted by atomic mass is 79.9. The molecular formula is C16H19BrN4O. The summed E-state index contributed by atoms with van der Waals surface area (Å²) in [4.78, 5) is 6.97. The van der Waals surface area contributed by atoms with Crippen molar-refractivity contribution < 1.29 is 4.52 Å². The lowest BCUT2D eigenvalue weighted by molar-refractivity contribution is 0.216. The highest BCUT2D eigenvalue weighted by Gasteiger charge is 2.29. The number of hydrogen-bond donors (Lipinski definition) is 1. The van der Waals surface area contributed by atoms with Crippen molar-refractivity contribution in [1.82, 2.24) is 20.4 Å². The predicted octanol–water partition coefficient (Wildman–Crippen LogP) is 2.83. The van der Waals surface area contributed by atoms with Crippen LogP contribution < -0.4 is 5.32 Å². The van der Waals surface area contributed by atoms with Crippen LogP contribution in [0.3, 0.4) is 0 Å². The largest absolute Gasteiger partial charge is 0.338 e. The van der Waals surface area contributed by atoms with Crippen LogP contribution in [0.4, 0.5) is 0 Å². The van der Waals surface area contributed by atoms with E-state index in [1.807, 2.05) is 24.3 Å². The van der Waals surface area contributed by atoms with Gasteiger partial charge < -0.3 is 9.84 Å². The van der Waals surface area contributed by atoms with Gasteiger partial charge in [0.05, 0.1) is 6.54 Å². The first-order valence-corrected chi connectivity index (χ1v) is 8.62. The lowest BCUT2D eigenvalue weighted by Crippen LogP contribution is -2.35. The Bertz CT molecular complexity index is 659. The Morgan fingerprint density at radius 3 is 3.09 bits per heavy atom. The average Bonchev–Trinajstić information content (AvgIpc) is 3.08. The normalized spacial score (nSPS) is 25.3. The molecule has 2 saturated heterocycles. The van der Waals surface area contributed by atoms with Gasteiger partial charge in [-0.25, -0.2) is 0 Å². The third-order valence-electron chi connectivity index (χ3n) is 4.52. The molecule has 2 aliphatic heterocycles. The van der Waals surface area contributed by atoms with Gasteiger partial charge in [-0.05, 0) is 31.4 Å². The minimum atomic E-state index is 0.625. The Hall–Kier alpha value is -1.24. The van der Waals surface area contributed by atoms with Gasteiger partial charge in [-0.15, -0.1) is 0 Å². The lowest BCUT2D eigenvalue weighted by Gasteiger charge is -2.21. The van der Waals surface area contributed by atoms with Crippen molar-refractivity contribution >= 4 is 15.9 Å². The fourth-order valence-electron chi connectivity index (χ4n) is 3.41. The fourth-order valence-corrected chi connectivity index (χ4v) is 3.81. The van der Waals surface area contributed by atoms with Crippen molar-refractivity contribution in [2.24, 2.45) is 0 Å². The molecule has 3 heterocycles. The Balaban J connectivity index is 1.45. The number of nitrogens with one attached hydrogen (secondary N) is 1. The van der Waals surface area contributed by atoms with Crippen molar-refractivity contribution in [2.45, 2.75) is 37.9 Å². The maximum Gasteiger partial charge on any atom is 0.241 e. The van der Waals surface area contributed by atoms with E-state index in [1.54, 1.807) is 0 Å². The third-order valence-corrected chi connectivity index (χ3v) is 5.01. The average molecular weight is 363 g/mol. The molecule has 1 aromatic heterocycles. The monoisotopic (exact) mass is 362 g/mol. The van der Waals surface area contributed by atoms with Gasteiger partial charge in [0.15, 0.2) is 0 Å². The van der Waals surface area contributed by atoms with Gasteiger partial charge in [-0.2, -0.15) is 4.98 Å². The van der Waals surface area contributed by atoms with Crippen LogP contribution in [0.15, 0.2) is 33.3 Å². The van der Waals surface area contributed by atoms with Crippen LogP contribution in [0.2, 0.25) is 0 Å². The topological polar surface area (TPSA) is 54.2 Å². The number of fused-ring (bicyclic) bond motifs is 2. The van der Waals surface area contributed by atoms with E-state index in [1.165, 1.54) is 19.3 Å². The second-order valence-corrected chi connectivity index (χ2v) is 7.10. The molecule has 1 N–H and O–H groups in total. The molecule has 0 spiro atoms. The van der Waals surface area contributed by atoms with E-state index in [4.69, 9.17) is 4.52 Å². The Labute approximate surface area is 138 Å². The van der Waals surface area contributed by atoms with E-state index < -0.39 is 0 Å². The van der Waals surface area contributed by atoms with E-state index >= 15 is 0 Å². The molecule has 2 bridgehead atoms. The quantitative estimate of drug-likeness (QED) is 0.909. The van der Waals surface area contributed by atoms with Crippen molar-refractivity contribution in [3.63, 3.8) is 0 Å². The van der Waals surface area contributed by atoms with Crippen LogP contribution in [0.25, 0.3) is 11.4 Å². The van der Waals surface area contributed by atoms with Crippen LogP contribution in [0, 0.1) is 0 Å². The Morgan fingerprint density at radius 1 is 1.27 bits per heavy atom. The second kappa shape index (κ2) is 6.10. The standard InChI is InChI=1S/C16H19BrN4O/c17-12-3-1-2-11(8-12)16-19-15(22-20-16)10-21-7-6-13-4-5-14(9-21)18-13/h1-3,8,13-14,18H,4-7,9-10H2. The van der Waals surface area contributed by atoms with Gasteiger partial charge in [-0.1, -0.05) is 33.2 Å². The summed E-state index contributed by atoms with van der Waals surface area (Å²) in [5, 5.41) is 7.81. The number of aromatic nitrogens is 2. The molecule has 116 valence electrons. The number of likely N-dealkylation sites (tertiary alicyclic amines) is 1. The number of hydrogen-bond acceptors (Lipinski definition) is 5. The van der Waals surface area contributed by atoms with Gasteiger partial charge in [0.1, 0.15) is 0 Å². The first-order chi connectivity index (χ1) is 10.8. The molecule has 22 heavy (non-hydrogen) atoms. The number of halogens is 1. The second-order valence-electron chi connectivity index (χ2n) is 6.18. The minimum Gasteiger partial charge on any atom is -0.338 e. The summed E-state index contributed by atoms with van der Waals surface area (Å²) in [5.41, 5.74) is 0.973. The van der Waals surface area contributed by atoms with Crippen LogP contribution in [0.5, 0.6) is 0 Å². The first-order valence-electron chi connectivity index (χ1n) is 7.83. The van der Waals surface area contributed by atoms with Crippen molar-refractivity contribution in [1.29, 1.82) is 0 Å². The molecule has 4 rings (SSSR count). The molecule has 0 saturated carbocycles. The molecule has 1 aromatic carbocycles. The summed E-state index contributed by atoms with van der Waals surface area (Å²) in [6.45, 7) is 2.92. The van der Waals surface area contributed by atoms with E-state index in [9.17, 15) is 0 Å². The van der Waals surface area contributed by atoms with E-state index in [-0.39, 0.29) is 0 Å². The number of nitrogens with zero attached hydrogens (tertiary/aromatic N) is 3. The van der Waals surface area contributed by atoms with Crippen LogP contribution >= 0.6 is 15.9 Å². The van der Waals surface area contributed by atoms with E-state index in [0.29, 0.717) is 23.8 Å². The number of rotatable bonds is 3. The molecule has 2 aliphatic rings. The van der Waals surface area contributed by atoms with Gasteiger partial charge in [0.2, 0.25) is 11.7 Å². The smallest absolute Gasteiger partial charge is 0.241 e. The van der Waals surface area contributed by atoms with Gasteiger partial charge in [0.25, 0.3) is 0 Å². The molecular weight excluding hydrogens is 344 g/mol. The van der Waals surface area contributed by atoms with Gasteiger partial charge in [-0.3, -0.25) is 4.90 Å². The summed E-state index contributed by atoms with van der Waals surface area (Å²) >= 11 is 3.47. The molecule has 2 atom stereocenters. The van der Waals surface area contributed by atoms with Crippen molar-refractivity contribution in [3.05, 3.63) is 34.6 Å². The zero-order valence-electron chi connectivity index (χ0n) is 12.3. The molecule has 5 nitrogen and oxygen atoms in total. The van der Waals surface area contributed by atoms with E-state index in [0.717, 1.165) is 29.7 Å². The summed E-state index contributed by atoms with van der Waals surface area (Å²) in [6.07, 6.45) is 3.82. The Kier molecular flexibility index (Phi) is 3.98. The highest BCUT2D eigenvalue weighted by molar-refractivity contribution is 9.10.